The van der Waals surface area contributed by atoms with Gasteiger partial charge in [-0.1, -0.05) is 18.3 Å². The van der Waals surface area contributed by atoms with E-state index in [1.807, 2.05) is 25.3 Å². The van der Waals surface area contributed by atoms with Gasteiger partial charge in [-0.3, -0.25) is 4.98 Å². The molecule has 0 aliphatic carbocycles. The second-order valence-corrected chi connectivity index (χ2v) is 3.74. The normalized spacial score (nSPS) is 10.2. The monoisotopic (exact) mass is 217 g/mol. The Kier molecular flexibility index (Phi) is 2.87. The molecule has 4 heteroatoms. The van der Waals surface area contributed by atoms with Crippen LogP contribution < -0.4 is 0 Å². The fourth-order valence-corrected chi connectivity index (χ4v) is 1.57. The van der Waals surface area contributed by atoms with Gasteiger partial charge in [0.15, 0.2) is 0 Å². The summed E-state index contributed by atoms with van der Waals surface area (Å²) >= 11 is 5.11. The summed E-state index contributed by atoms with van der Waals surface area (Å²) in [5.41, 5.74) is 3.30. The van der Waals surface area contributed by atoms with E-state index in [1.54, 1.807) is 12.5 Å². The molecule has 0 spiro atoms. The van der Waals surface area contributed by atoms with E-state index in [4.69, 9.17) is 12.2 Å². The van der Waals surface area contributed by atoms with Crippen LogP contribution in [0.1, 0.15) is 16.8 Å². The number of nitrogens with zero attached hydrogens (tertiary/aromatic N) is 2. The zero-order valence-electron chi connectivity index (χ0n) is 8.40. The highest BCUT2D eigenvalue weighted by Crippen LogP contribution is 2.09. The topological polar surface area (TPSA) is 41.6 Å². The molecule has 0 saturated carbocycles. The molecule has 0 radical (unpaired) electrons. The SMILES string of the molecule is Cc1c(Cc2cccnc2)[nH]cnc1=S. The van der Waals surface area contributed by atoms with E-state index in [9.17, 15) is 0 Å². The van der Waals surface area contributed by atoms with Gasteiger partial charge < -0.3 is 4.98 Å². The molecule has 2 rings (SSSR count). The maximum atomic E-state index is 5.11. The fourth-order valence-electron chi connectivity index (χ4n) is 1.39. The van der Waals surface area contributed by atoms with Crippen molar-refractivity contribution in [2.24, 2.45) is 0 Å². The first-order valence-electron chi connectivity index (χ1n) is 4.69. The molecular weight excluding hydrogens is 206 g/mol. The average Bonchev–Trinajstić information content (AvgIpc) is 2.26. The van der Waals surface area contributed by atoms with Crippen molar-refractivity contribution >= 4 is 12.2 Å². The number of rotatable bonds is 2. The van der Waals surface area contributed by atoms with E-state index in [0.29, 0.717) is 4.64 Å². The smallest absolute Gasteiger partial charge is 0.132 e. The molecule has 2 aromatic rings. The lowest BCUT2D eigenvalue weighted by Gasteiger charge is -2.04. The van der Waals surface area contributed by atoms with Crippen LogP contribution in [0, 0.1) is 11.6 Å². The van der Waals surface area contributed by atoms with E-state index >= 15 is 0 Å². The summed E-state index contributed by atoms with van der Waals surface area (Å²) in [6.07, 6.45) is 6.08. The second-order valence-electron chi connectivity index (χ2n) is 3.35. The molecule has 0 aromatic carbocycles. The van der Waals surface area contributed by atoms with E-state index in [-0.39, 0.29) is 0 Å². The molecule has 0 aliphatic heterocycles. The lowest BCUT2D eigenvalue weighted by molar-refractivity contribution is 0.980. The summed E-state index contributed by atoms with van der Waals surface area (Å²) in [7, 11) is 0. The molecule has 2 aromatic heterocycles. The van der Waals surface area contributed by atoms with Gasteiger partial charge in [0.25, 0.3) is 0 Å². The summed E-state index contributed by atoms with van der Waals surface area (Å²) in [6, 6.07) is 3.98. The molecule has 3 nitrogen and oxygen atoms in total. The van der Waals surface area contributed by atoms with Crippen LogP contribution in [0.3, 0.4) is 0 Å². The minimum Gasteiger partial charge on any atom is -0.349 e. The zero-order valence-corrected chi connectivity index (χ0v) is 9.21. The van der Waals surface area contributed by atoms with Crippen LogP contribution in [-0.2, 0) is 6.42 Å². The summed E-state index contributed by atoms with van der Waals surface area (Å²) in [6.45, 7) is 1.98. The summed E-state index contributed by atoms with van der Waals surface area (Å²) in [5.74, 6) is 0. The highest BCUT2D eigenvalue weighted by Gasteiger charge is 2.01. The van der Waals surface area contributed by atoms with Crippen molar-refractivity contribution in [1.29, 1.82) is 0 Å². The molecule has 15 heavy (non-hydrogen) atoms. The van der Waals surface area contributed by atoms with Gasteiger partial charge in [-0.05, 0) is 18.6 Å². The number of pyridine rings is 1. The molecule has 1 N–H and O–H groups in total. The predicted octanol–water partition coefficient (Wildman–Crippen LogP) is 2.43. The van der Waals surface area contributed by atoms with Gasteiger partial charge >= 0.3 is 0 Å². The van der Waals surface area contributed by atoms with Gasteiger partial charge in [0.1, 0.15) is 4.64 Å². The third-order valence-corrected chi connectivity index (χ3v) is 2.71. The largest absolute Gasteiger partial charge is 0.349 e. The van der Waals surface area contributed by atoms with E-state index in [1.165, 1.54) is 0 Å². The number of nitrogens with one attached hydrogen (secondary N) is 1. The van der Waals surface area contributed by atoms with Gasteiger partial charge in [0.2, 0.25) is 0 Å². The second kappa shape index (κ2) is 4.31. The third-order valence-electron chi connectivity index (χ3n) is 2.30. The molecule has 76 valence electrons. The third kappa shape index (κ3) is 2.27. The highest BCUT2D eigenvalue weighted by molar-refractivity contribution is 7.71. The van der Waals surface area contributed by atoms with Crippen LogP contribution in [-0.4, -0.2) is 15.0 Å². The van der Waals surface area contributed by atoms with E-state index < -0.39 is 0 Å². The Hall–Kier alpha value is -1.55. The predicted molar refractivity (Wildman–Crippen MR) is 61.2 cm³/mol. The van der Waals surface area contributed by atoms with Crippen LogP contribution in [0.25, 0.3) is 0 Å². The van der Waals surface area contributed by atoms with Crippen LogP contribution >= 0.6 is 12.2 Å². The average molecular weight is 217 g/mol. The molecule has 0 saturated heterocycles. The summed E-state index contributed by atoms with van der Waals surface area (Å²) in [4.78, 5) is 11.2. The van der Waals surface area contributed by atoms with Gasteiger partial charge in [-0.15, -0.1) is 0 Å². The van der Waals surface area contributed by atoms with Crippen LogP contribution in [0.15, 0.2) is 30.9 Å². The Bertz CT molecular complexity index is 505. The Balaban J connectivity index is 2.33. The minimum atomic E-state index is 0.660. The number of aromatic amines is 1. The molecule has 0 bridgehead atoms. The van der Waals surface area contributed by atoms with Crippen molar-refractivity contribution < 1.29 is 0 Å². The first kappa shape index (κ1) is 9.98. The number of H-pyrrole nitrogens is 1. The molecule has 0 atom stereocenters. The van der Waals surface area contributed by atoms with Crippen molar-refractivity contribution in [3.8, 4) is 0 Å². The van der Waals surface area contributed by atoms with E-state index in [2.05, 4.69) is 15.0 Å². The summed E-state index contributed by atoms with van der Waals surface area (Å²) in [5, 5.41) is 0. The molecule has 0 amide bonds. The zero-order chi connectivity index (χ0) is 10.7. The molecule has 0 aliphatic rings. The van der Waals surface area contributed by atoms with Crippen molar-refractivity contribution in [2.45, 2.75) is 13.3 Å². The number of aromatic nitrogens is 3. The quantitative estimate of drug-likeness (QED) is 0.785. The Labute approximate surface area is 93.2 Å². The molecular formula is C11H11N3S. The Morgan fingerprint density at radius 2 is 2.33 bits per heavy atom. The minimum absolute atomic E-state index is 0.660. The van der Waals surface area contributed by atoms with Crippen molar-refractivity contribution in [3.05, 3.63) is 52.3 Å². The first-order chi connectivity index (χ1) is 7.27. The lowest BCUT2D eigenvalue weighted by Crippen LogP contribution is -1.98. The summed E-state index contributed by atoms with van der Waals surface area (Å²) < 4.78 is 0.660. The number of hydrogen-bond donors (Lipinski definition) is 1. The molecule has 2 heterocycles. The Morgan fingerprint density at radius 1 is 1.47 bits per heavy atom. The highest BCUT2D eigenvalue weighted by atomic mass is 32.1. The maximum Gasteiger partial charge on any atom is 0.132 e. The maximum absolute atomic E-state index is 5.11. The van der Waals surface area contributed by atoms with Crippen LogP contribution in [0.2, 0.25) is 0 Å². The van der Waals surface area contributed by atoms with Gasteiger partial charge in [0, 0.05) is 30.1 Å². The molecule has 0 unspecified atom stereocenters. The van der Waals surface area contributed by atoms with Gasteiger partial charge in [-0.2, -0.15) is 0 Å². The van der Waals surface area contributed by atoms with Crippen molar-refractivity contribution in [2.75, 3.05) is 0 Å². The fraction of sp³-hybridized carbons (Fsp3) is 0.182. The first-order valence-corrected chi connectivity index (χ1v) is 5.10. The van der Waals surface area contributed by atoms with E-state index in [0.717, 1.165) is 23.2 Å². The van der Waals surface area contributed by atoms with Gasteiger partial charge in [0.05, 0.1) is 6.33 Å². The molecule has 0 fully saturated rings. The van der Waals surface area contributed by atoms with Crippen LogP contribution in [0.4, 0.5) is 0 Å². The Morgan fingerprint density at radius 3 is 3.07 bits per heavy atom. The lowest BCUT2D eigenvalue weighted by atomic mass is 10.1. The van der Waals surface area contributed by atoms with Gasteiger partial charge in [-0.25, -0.2) is 4.98 Å². The van der Waals surface area contributed by atoms with Crippen molar-refractivity contribution in [3.63, 3.8) is 0 Å². The van der Waals surface area contributed by atoms with Crippen LogP contribution in [0.5, 0.6) is 0 Å². The standard InChI is InChI=1S/C11H11N3S/c1-8-10(13-7-14-11(8)15)5-9-3-2-4-12-6-9/h2-4,6-7H,5H2,1H3,(H,13,14,15). The number of hydrogen-bond acceptors (Lipinski definition) is 3. The van der Waals surface area contributed by atoms with Crippen molar-refractivity contribution in [1.82, 2.24) is 15.0 Å².